The summed E-state index contributed by atoms with van der Waals surface area (Å²) in [4.78, 5) is 33.9. The molecule has 2 aromatic rings. The lowest BCUT2D eigenvalue weighted by atomic mass is 10.0. The largest absolute Gasteiger partial charge is 0.322 e. The molecule has 0 spiro atoms. The number of nitrogens with one attached hydrogen (secondary N) is 2. The smallest absolute Gasteiger partial charge is 0.270 e. The van der Waals surface area contributed by atoms with Gasteiger partial charge in [-0.2, -0.15) is 5.10 Å². The summed E-state index contributed by atoms with van der Waals surface area (Å²) in [6, 6.07) is 11.2. The highest BCUT2D eigenvalue weighted by Gasteiger charge is 2.16. The van der Waals surface area contributed by atoms with E-state index >= 15 is 0 Å². The predicted octanol–water partition coefficient (Wildman–Crippen LogP) is 2.77. The van der Waals surface area contributed by atoms with Gasteiger partial charge in [0.2, 0.25) is 5.91 Å². The second kappa shape index (κ2) is 7.14. The highest BCUT2D eigenvalue weighted by Crippen LogP contribution is 2.20. The van der Waals surface area contributed by atoms with Gasteiger partial charge in [0.05, 0.1) is 10.6 Å². The van der Waals surface area contributed by atoms with Crippen LogP contribution in [0.25, 0.3) is 0 Å². The number of hydrogen-bond acceptors (Lipinski definition) is 5. The predicted molar refractivity (Wildman–Crippen MR) is 96.1 cm³/mol. The van der Waals surface area contributed by atoms with E-state index < -0.39 is 10.8 Å². The molecule has 0 aromatic heterocycles. The molecule has 0 saturated heterocycles. The summed E-state index contributed by atoms with van der Waals surface area (Å²) in [7, 11) is 0. The Labute approximate surface area is 149 Å². The number of non-ortho nitro benzene ring substituents is 1. The molecule has 132 valence electrons. The Hall–Kier alpha value is -3.55. The minimum atomic E-state index is -0.533. The van der Waals surface area contributed by atoms with Gasteiger partial charge in [-0.15, -0.1) is 0 Å². The molecule has 0 unspecified atom stereocenters. The molecule has 2 aromatic carbocycles. The highest BCUT2D eigenvalue weighted by atomic mass is 16.6. The monoisotopic (exact) mass is 352 g/mol. The third-order valence-electron chi connectivity index (χ3n) is 4.06. The van der Waals surface area contributed by atoms with Gasteiger partial charge in [0.25, 0.3) is 11.6 Å². The second-order valence-corrected chi connectivity index (χ2v) is 5.88. The summed E-state index contributed by atoms with van der Waals surface area (Å²) in [6.45, 7) is 1.72. The van der Waals surface area contributed by atoms with Crippen molar-refractivity contribution >= 4 is 28.9 Å². The van der Waals surface area contributed by atoms with Gasteiger partial charge in [0, 0.05) is 36.2 Å². The minimum Gasteiger partial charge on any atom is -0.322 e. The Morgan fingerprint density at radius 3 is 2.54 bits per heavy atom. The van der Waals surface area contributed by atoms with Gasteiger partial charge in [-0.1, -0.05) is 18.2 Å². The number of amides is 2. The average Bonchev–Trinajstić information content (AvgIpc) is 2.63. The number of carbonyl (C=O) groups is 2. The quantitative estimate of drug-likeness (QED) is 0.650. The van der Waals surface area contributed by atoms with E-state index in [0.29, 0.717) is 24.1 Å². The summed E-state index contributed by atoms with van der Waals surface area (Å²) in [6.07, 6.45) is 0.952. The van der Waals surface area contributed by atoms with Crippen LogP contribution in [-0.4, -0.2) is 22.4 Å². The summed E-state index contributed by atoms with van der Waals surface area (Å²) in [5.74, 6) is -0.522. The van der Waals surface area contributed by atoms with Crippen molar-refractivity contribution < 1.29 is 14.5 Å². The van der Waals surface area contributed by atoms with Crippen molar-refractivity contribution in [2.24, 2.45) is 5.10 Å². The van der Waals surface area contributed by atoms with Gasteiger partial charge < -0.3 is 5.32 Å². The molecule has 1 heterocycles. The van der Waals surface area contributed by atoms with Gasteiger partial charge in [-0.3, -0.25) is 19.7 Å². The number of nitrogens with zero attached hydrogens (tertiary/aromatic N) is 2. The van der Waals surface area contributed by atoms with Gasteiger partial charge in [0.1, 0.15) is 0 Å². The normalized spacial score (nSPS) is 13.6. The second-order valence-electron chi connectivity index (χ2n) is 5.88. The lowest BCUT2D eigenvalue weighted by Crippen LogP contribution is -2.25. The lowest BCUT2D eigenvalue weighted by Gasteiger charge is -2.13. The zero-order valence-corrected chi connectivity index (χ0v) is 14.0. The van der Waals surface area contributed by atoms with Crippen LogP contribution in [0.4, 0.5) is 11.4 Å². The van der Waals surface area contributed by atoms with Gasteiger partial charge in [0.15, 0.2) is 0 Å². The van der Waals surface area contributed by atoms with Crippen LogP contribution >= 0.6 is 0 Å². The van der Waals surface area contributed by atoms with E-state index in [4.69, 9.17) is 0 Å². The molecule has 8 heteroatoms. The third kappa shape index (κ3) is 3.75. The Morgan fingerprint density at radius 1 is 1.19 bits per heavy atom. The molecule has 8 nitrogen and oxygen atoms in total. The Bertz CT molecular complexity index is 919. The average molecular weight is 352 g/mol. The van der Waals surface area contributed by atoms with Gasteiger partial charge in [-0.25, -0.2) is 5.43 Å². The summed E-state index contributed by atoms with van der Waals surface area (Å²) >= 11 is 0. The molecule has 0 aliphatic carbocycles. The van der Waals surface area contributed by atoms with Crippen LogP contribution in [-0.2, 0) is 4.79 Å². The van der Waals surface area contributed by atoms with E-state index in [1.165, 1.54) is 12.1 Å². The molecule has 26 heavy (non-hydrogen) atoms. The SMILES string of the molecule is Cc1ccc([N+](=O)[O-])cc1C(=O)Nc1ccc(C2=NNC(=O)CC2)cc1. The molecular formula is C18H16N4O4. The zero-order chi connectivity index (χ0) is 18.7. The Balaban J connectivity index is 1.75. The number of nitro benzene ring substituents is 1. The maximum absolute atomic E-state index is 12.4. The standard InChI is InChI=1S/C18H16N4O4/c1-11-2-7-14(22(25)26)10-15(11)18(24)19-13-5-3-12(4-6-13)16-8-9-17(23)21-20-16/h2-7,10H,8-9H2,1H3,(H,19,24)(H,21,23). The first-order valence-corrected chi connectivity index (χ1v) is 7.96. The van der Waals surface area contributed by atoms with E-state index in [0.717, 1.165) is 11.3 Å². The van der Waals surface area contributed by atoms with Crippen LogP contribution < -0.4 is 10.7 Å². The van der Waals surface area contributed by atoms with Crippen molar-refractivity contribution in [3.05, 3.63) is 69.3 Å². The van der Waals surface area contributed by atoms with E-state index in [2.05, 4.69) is 15.8 Å². The van der Waals surface area contributed by atoms with Gasteiger partial charge >= 0.3 is 0 Å². The van der Waals surface area contributed by atoms with Gasteiger partial charge in [-0.05, 0) is 30.2 Å². The van der Waals surface area contributed by atoms with Crippen molar-refractivity contribution in [2.75, 3.05) is 5.32 Å². The highest BCUT2D eigenvalue weighted by molar-refractivity contribution is 6.07. The van der Waals surface area contributed by atoms with Crippen LogP contribution in [0, 0.1) is 17.0 Å². The number of carbonyl (C=O) groups excluding carboxylic acids is 2. The van der Waals surface area contributed by atoms with Crippen molar-refractivity contribution in [1.29, 1.82) is 0 Å². The molecule has 1 aliphatic heterocycles. The zero-order valence-electron chi connectivity index (χ0n) is 14.0. The fraction of sp³-hybridized carbons (Fsp3) is 0.167. The number of nitro groups is 1. The fourth-order valence-electron chi connectivity index (χ4n) is 2.60. The van der Waals surface area contributed by atoms with E-state index in [1.54, 1.807) is 37.3 Å². The molecule has 3 rings (SSSR count). The van der Waals surface area contributed by atoms with E-state index in [9.17, 15) is 19.7 Å². The molecule has 0 bridgehead atoms. The van der Waals surface area contributed by atoms with E-state index in [1.807, 2.05) is 0 Å². The molecule has 0 fully saturated rings. The number of anilines is 1. The number of rotatable bonds is 4. The Morgan fingerprint density at radius 2 is 1.92 bits per heavy atom. The first-order chi connectivity index (χ1) is 12.4. The molecule has 0 saturated carbocycles. The number of benzene rings is 2. The topological polar surface area (TPSA) is 114 Å². The number of aryl methyl sites for hydroxylation is 1. The summed E-state index contributed by atoms with van der Waals surface area (Å²) in [5.41, 5.74) is 5.41. The maximum atomic E-state index is 12.4. The first kappa shape index (κ1) is 17.3. The first-order valence-electron chi connectivity index (χ1n) is 7.96. The van der Waals surface area contributed by atoms with Crippen LogP contribution in [0.15, 0.2) is 47.6 Å². The van der Waals surface area contributed by atoms with Crippen LogP contribution in [0.1, 0.15) is 34.3 Å². The summed E-state index contributed by atoms with van der Waals surface area (Å²) < 4.78 is 0. The Kier molecular flexibility index (Phi) is 4.74. The molecule has 0 atom stereocenters. The van der Waals surface area contributed by atoms with Crippen molar-refractivity contribution in [3.63, 3.8) is 0 Å². The summed E-state index contributed by atoms with van der Waals surface area (Å²) in [5, 5.41) is 17.6. The lowest BCUT2D eigenvalue weighted by molar-refractivity contribution is -0.384. The van der Waals surface area contributed by atoms with Crippen molar-refractivity contribution in [3.8, 4) is 0 Å². The van der Waals surface area contributed by atoms with Crippen LogP contribution in [0.3, 0.4) is 0 Å². The maximum Gasteiger partial charge on any atom is 0.270 e. The van der Waals surface area contributed by atoms with Crippen molar-refractivity contribution in [1.82, 2.24) is 5.43 Å². The molecule has 2 amide bonds. The number of hydrazone groups is 1. The molecule has 2 N–H and O–H groups in total. The molecular weight excluding hydrogens is 336 g/mol. The number of hydrogen-bond donors (Lipinski definition) is 2. The molecule has 0 radical (unpaired) electrons. The van der Waals surface area contributed by atoms with Crippen LogP contribution in [0.5, 0.6) is 0 Å². The van der Waals surface area contributed by atoms with Crippen LogP contribution in [0.2, 0.25) is 0 Å². The third-order valence-corrected chi connectivity index (χ3v) is 4.06. The minimum absolute atomic E-state index is 0.107. The van der Waals surface area contributed by atoms with Crippen molar-refractivity contribution in [2.45, 2.75) is 19.8 Å². The fourth-order valence-corrected chi connectivity index (χ4v) is 2.60. The van der Waals surface area contributed by atoms with E-state index in [-0.39, 0.29) is 17.2 Å². The molecule has 1 aliphatic rings.